The summed E-state index contributed by atoms with van der Waals surface area (Å²) < 4.78 is 11.1. The van der Waals surface area contributed by atoms with E-state index < -0.39 is 0 Å². The normalized spacial score (nSPS) is 10.7. The minimum absolute atomic E-state index is 0.159. The summed E-state index contributed by atoms with van der Waals surface area (Å²) in [6.07, 6.45) is 3.40. The largest absolute Gasteiger partial charge is 0.481 e. The fraction of sp³-hybridized carbons (Fsp3) is 0.333. The first-order chi connectivity index (χ1) is 15.4. The molecule has 0 unspecified atom stereocenters. The molecule has 3 N–H and O–H groups in total. The third-order valence-electron chi connectivity index (χ3n) is 4.65. The summed E-state index contributed by atoms with van der Waals surface area (Å²) in [5.74, 6) is 1.09. The highest BCUT2D eigenvalue weighted by atomic mass is 16.5. The monoisotopic (exact) mass is 434 g/mol. The number of rotatable bonds is 10. The average molecular weight is 435 g/mol. The van der Waals surface area contributed by atoms with Gasteiger partial charge in [-0.2, -0.15) is 0 Å². The minimum Gasteiger partial charge on any atom is -0.481 e. The lowest BCUT2D eigenvalue weighted by Gasteiger charge is -2.21. The quantitative estimate of drug-likeness (QED) is 0.395. The van der Waals surface area contributed by atoms with Crippen molar-refractivity contribution >= 4 is 17.1 Å². The van der Waals surface area contributed by atoms with E-state index in [0.29, 0.717) is 42.0 Å². The number of nitrogens with zero attached hydrogens (tertiary/aromatic N) is 3. The molecule has 8 heteroatoms. The fourth-order valence-electron chi connectivity index (χ4n) is 3.30. The van der Waals surface area contributed by atoms with Crippen molar-refractivity contribution in [2.75, 3.05) is 24.4 Å². The maximum atomic E-state index is 8.36. The van der Waals surface area contributed by atoms with Crippen molar-refractivity contribution in [2.24, 2.45) is 0 Å². The molecule has 3 aromatic rings. The molecule has 0 amide bonds. The highest BCUT2D eigenvalue weighted by Gasteiger charge is 2.19. The molecule has 0 bridgehead atoms. The van der Waals surface area contributed by atoms with Crippen LogP contribution < -0.4 is 20.1 Å². The molecule has 0 saturated heterocycles. The van der Waals surface area contributed by atoms with Crippen LogP contribution in [0, 0.1) is 5.41 Å². The Hall–Kier alpha value is -3.68. The van der Waals surface area contributed by atoms with Crippen LogP contribution in [0.4, 0.5) is 11.4 Å². The van der Waals surface area contributed by atoms with Gasteiger partial charge in [-0.15, -0.1) is 0 Å². The molecular weight excluding hydrogens is 404 g/mol. The second-order valence-corrected chi connectivity index (χ2v) is 7.52. The van der Waals surface area contributed by atoms with E-state index >= 15 is 0 Å². The molecule has 3 heterocycles. The third-order valence-corrected chi connectivity index (χ3v) is 4.65. The first kappa shape index (κ1) is 23.0. The summed E-state index contributed by atoms with van der Waals surface area (Å²) in [5, 5.41) is 15.3. The Morgan fingerprint density at radius 2 is 1.84 bits per heavy atom. The molecule has 0 saturated carbocycles. The van der Waals surface area contributed by atoms with Gasteiger partial charge in [-0.25, -0.2) is 15.0 Å². The van der Waals surface area contributed by atoms with Crippen molar-refractivity contribution in [1.29, 1.82) is 5.41 Å². The first-order valence-electron chi connectivity index (χ1n) is 10.6. The maximum absolute atomic E-state index is 8.36. The number of nitrogens with one attached hydrogen (secondary N) is 3. The predicted molar refractivity (Wildman–Crippen MR) is 128 cm³/mol. The smallest absolute Gasteiger partial charge is 0.222 e. The maximum Gasteiger partial charge on any atom is 0.222 e. The van der Waals surface area contributed by atoms with E-state index in [-0.39, 0.29) is 6.04 Å². The molecule has 0 aliphatic carbocycles. The van der Waals surface area contributed by atoms with Gasteiger partial charge in [0.25, 0.3) is 0 Å². The van der Waals surface area contributed by atoms with Gasteiger partial charge >= 0.3 is 0 Å². The third kappa shape index (κ3) is 5.32. The van der Waals surface area contributed by atoms with Crippen molar-refractivity contribution < 1.29 is 9.47 Å². The Balaban J connectivity index is 2.11. The summed E-state index contributed by atoms with van der Waals surface area (Å²) in [6, 6.07) is 9.73. The van der Waals surface area contributed by atoms with Crippen molar-refractivity contribution in [3.8, 4) is 23.0 Å². The lowest BCUT2D eigenvalue weighted by Crippen LogP contribution is -2.17. The van der Waals surface area contributed by atoms with Gasteiger partial charge < -0.3 is 25.5 Å². The average Bonchev–Trinajstić information content (AvgIpc) is 2.78. The summed E-state index contributed by atoms with van der Waals surface area (Å²) in [6.45, 7) is 8.76. The van der Waals surface area contributed by atoms with E-state index in [1.54, 1.807) is 26.4 Å². The Bertz CT molecular complexity index is 1080. The Labute approximate surface area is 189 Å². The van der Waals surface area contributed by atoms with E-state index in [1.165, 1.54) is 0 Å². The van der Waals surface area contributed by atoms with Gasteiger partial charge in [0.2, 0.25) is 11.8 Å². The van der Waals surface area contributed by atoms with Crippen molar-refractivity contribution in [3.05, 3.63) is 54.0 Å². The number of hydrogen-bond donors (Lipinski definition) is 3. The second kappa shape index (κ2) is 10.6. The van der Waals surface area contributed by atoms with Crippen molar-refractivity contribution in [3.63, 3.8) is 0 Å². The summed E-state index contributed by atoms with van der Waals surface area (Å²) >= 11 is 0. The Morgan fingerprint density at radius 3 is 2.50 bits per heavy atom. The molecule has 0 aliphatic heterocycles. The van der Waals surface area contributed by atoms with Gasteiger partial charge in [-0.3, -0.25) is 0 Å². The van der Waals surface area contributed by atoms with Gasteiger partial charge in [-0.1, -0.05) is 6.07 Å². The van der Waals surface area contributed by atoms with E-state index in [0.717, 1.165) is 22.5 Å². The van der Waals surface area contributed by atoms with E-state index in [4.69, 9.17) is 19.9 Å². The van der Waals surface area contributed by atoms with Gasteiger partial charge in [0.15, 0.2) is 0 Å². The summed E-state index contributed by atoms with van der Waals surface area (Å²) in [7, 11) is 1.61. The standard InChI is InChI=1S/C24H30N6O2/c1-6-32-24-18(10-8-12-27-24)19-13-20(22(29-15(2)3)21(30-19)16(4)25)28-14-17-9-7-11-26-23(17)31-5/h7-13,15,25,29H,6,14H2,1-5H3,(H,28,30). The molecule has 0 atom stereocenters. The van der Waals surface area contributed by atoms with Crippen LogP contribution in [0.5, 0.6) is 11.8 Å². The zero-order valence-corrected chi connectivity index (χ0v) is 19.2. The van der Waals surface area contributed by atoms with Crippen LogP contribution in [0.2, 0.25) is 0 Å². The molecule has 0 fully saturated rings. The lowest BCUT2D eigenvalue weighted by molar-refractivity contribution is 0.328. The number of ether oxygens (including phenoxy) is 2. The molecule has 8 nitrogen and oxygen atoms in total. The highest BCUT2D eigenvalue weighted by molar-refractivity contribution is 6.03. The lowest BCUT2D eigenvalue weighted by atomic mass is 10.1. The Morgan fingerprint density at radius 1 is 1.12 bits per heavy atom. The Kier molecular flexibility index (Phi) is 7.59. The molecule has 0 aromatic carbocycles. The highest BCUT2D eigenvalue weighted by Crippen LogP contribution is 2.35. The molecule has 0 spiro atoms. The van der Waals surface area contributed by atoms with Gasteiger partial charge in [0, 0.05) is 30.5 Å². The minimum atomic E-state index is 0.159. The second-order valence-electron chi connectivity index (χ2n) is 7.52. The van der Waals surface area contributed by atoms with E-state index in [2.05, 4.69) is 34.4 Å². The number of anilines is 2. The van der Waals surface area contributed by atoms with Gasteiger partial charge in [0.05, 0.1) is 42.1 Å². The van der Waals surface area contributed by atoms with E-state index in [9.17, 15) is 0 Å². The molecule has 0 aliphatic rings. The van der Waals surface area contributed by atoms with Crippen molar-refractivity contribution in [1.82, 2.24) is 15.0 Å². The SMILES string of the molecule is CCOc1ncccc1-c1cc(NCc2cccnc2OC)c(NC(C)C)c(C(C)=N)n1. The van der Waals surface area contributed by atoms with Crippen LogP contribution >= 0.6 is 0 Å². The zero-order valence-electron chi connectivity index (χ0n) is 19.2. The summed E-state index contributed by atoms with van der Waals surface area (Å²) in [4.78, 5) is 13.4. The van der Waals surface area contributed by atoms with Gasteiger partial charge in [-0.05, 0) is 52.0 Å². The van der Waals surface area contributed by atoms with Crippen LogP contribution in [0.15, 0.2) is 42.7 Å². The number of aromatic nitrogens is 3. The molecule has 0 radical (unpaired) electrons. The fourth-order valence-corrected chi connectivity index (χ4v) is 3.30. The molecular formula is C24H30N6O2. The first-order valence-corrected chi connectivity index (χ1v) is 10.6. The molecule has 32 heavy (non-hydrogen) atoms. The topological polar surface area (TPSA) is 105 Å². The summed E-state index contributed by atoms with van der Waals surface area (Å²) in [5.41, 5.74) is 4.91. The van der Waals surface area contributed by atoms with Crippen LogP contribution in [-0.4, -0.2) is 40.4 Å². The van der Waals surface area contributed by atoms with Crippen LogP contribution in [0.1, 0.15) is 39.0 Å². The van der Waals surface area contributed by atoms with Crippen LogP contribution in [-0.2, 0) is 6.54 Å². The van der Waals surface area contributed by atoms with Crippen molar-refractivity contribution in [2.45, 2.75) is 40.3 Å². The molecule has 3 rings (SSSR count). The molecule has 3 aromatic heterocycles. The zero-order chi connectivity index (χ0) is 23.1. The van der Waals surface area contributed by atoms with E-state index in [1.807, 2.05) is 37.3 Å². The van der Waals surface area contributed by atoms with Crippen LogP contribution in [0.3, 0.4) is 0 Å². The predicted octanol–water partition coefficient (Wildman–Crippen LogP) is 4.77. The number of hydrogen-bond acceptors (Lipinski definition) is 8. The van der Waals surface area contributed by atoms with Crippen LogP contribution in [0.25, 0.3) is 11.3 Å². The number of pyridine rings is 3. The van der Waals surface area contributed by atoms with Gasteiger partial charge in [0.1, 0.15) is 5.69 Å². The molecule has 168 valence electrons. The number of methoxy groups -OCH3 is 1.